The monoisotopic (exact) mass is 431 g/mol. The Morgan fingerprint density at radius 2 is 2.17 bits per heavy atom. The van der Waals surface area contributed by atoms with E-state index < -0.39 is 0 Å². The molecule has 1 heterocycles. The van der Waals surface area contributed by atoms with Crippen molar-refractivity contribution in [3.63, 3.8) is 0 Å². The maximum atomic E-state index is 13.5. The van der Waals surface area contributed by atoms with Crippen LogP contribution in [-0.4, -0.2) is 28.8 Å². The normalized spacial score (nSPS) is 11.0. The molecular weight excluding hydrogens is 408 g/mol. The van der Waals surface area contributed by atoms with E-state index in [4.69, 9.17) is 0 Å². The Kier molecular flexibility index (Phi) is 8.60. The minimum atomic E-state index is -0.190. The lowest BCUT2D eigenvalue weighted by Gasteiger charge is -2.11. The van der Waals surface area contributed by atoms with E-state index in [1.165, 1.54) is 6.07 Å². The minimum absolute atomic E-state index is 0. The highest BCUT2D eigenvalue weighted by molar-refractivity contribution is 14.0. The summed E-state index contributed by atoms with van der Waals surface area (Å²) >= 11 is 0. The average molecular weight is 431 g/mol. The zero-order chi connectivity index (χ0) is 15.8. The van der Waals surface area contributed by atoms with Crippen molar-refractivity contribution in [3.8, 4) is 0 Å². The van der Waals surface area contributed by atoms with Gasteiger partial charge in [0, 0.05) is 25.5 Å². The summed E-state index contributed by atoms with van der Waals surface area (Å²) < 4.78 is 15.4. The van der Waals surface area contributed by atoms with Crippen LogP contribution in [-0.2, 0) is 13.1 Å². The highest BCUT2D eigenvalue weighted by atomic mass is 127. The summed E-state index contributed by atoms with van der Waals surface area (Å²) in [6, 6.07) is 7.10. The number of benzene rings is 1. The first-order chi connectivity index (χ1) is 10.7. The number of guanidine groups is 1. The molecule has 0 bridgehead atoms. The Labute approximate surface area is 153 Å². The van der Waals surface area contributed by atoms with E-state index in [0.717, 1.165) is 31.2 Å². The number of halogens is 2. The van der Waals surface area contributed by atoms with E-state index in [9.17, 15) is 4.39 Å². The summed E-state index contributed by atoms with van der Waals surface area (Å²) in [5.74, 6) is 0.528. The summed E-state index contributed by atoms with van der Waals surface area (Å²) in [5, 5.41) is 10.6. The van der Waals surface area contributed by atoms with Crippen molar-refractivity contribution >= 4 is 29.9 Å². The number of aliphatic imine (C=N–C) groups is 1. The molecule has 0 aliphatic carbocycles. The first-order valence-corrected chi connectivity index (χ1v) is 7.43. The minimum Gasteiger partial charge on any atom is -0.357 e. The van der Waals surface area contributed by atoms with Crippen molar-refractivity contribution in [2.75, 3.05) is 13.1 Å². The molecule has 0 saturated heterocycles. The first-order valence-electron chi connectivity index (χ1n) is 7.43. The third-order valence-electron chi connectivity index (χ3n) is 3.19. The molecule has 7 heteroatoms. The SMILES string of the molecule is CCNC(=NCc1ccc(C)c(F)c1)NCCn1cccn1.I. The Bertz CT molecular complexity index is 613. The van der Waals surface area contributed by atoms with Gasteiger partial charge >= 0.3 is 0 Å². The molecule has 2 rings (SSSR count). The lowest BCUT2D eigenvalue weighted by Crippen LogP contribution is -2.38. The topological polar surface area (TPSA) is 54.2 Å². The number of hydrogen-bond donors (Lipinski definition) is 2. The number of hydrogen-bond acceptors (Lipinski definition) is 2. The molecular formula is C16H23FIN5. The molecule has 0 spiro atoms. The van der Waals surface area contributed by atoms with Crippen molar-refractivity contribution < 1.29 is 4.39 Å². The van der Waals surface area contributed by atoms with E-state index >= 15 is 0 Å². The van der Waals surface area contributed by atoms with Gasteiger partial charge in [0.05, 0.1) is 13.1 Å². The van der Waals surface area contributed by atoms with Crippen molar-refractivity contribution in [1.82, 2.24) is 20.4 Å². The number of aryl methyl sites for hydroxylation is 1. The lowest BCUT2D eigenvalue weighted by molar-refractivity contribution is 0.597. The second-order valence-corrected chi connectivity index (χ2v) is 4.97. The molecule has 0 unspecified atom stereocenters. The molecule has 5 nitrogen and oxygen atoms in total. The van der Waals surface area contributed by atoms with Gasteiger partial charge in [0.25, 0.3) is 0 Å². The predicted molar refractivity (Wildman–Crippen MR) is 102 cm³/mol. The predicted octanol–water partition coefficient (Wildman–Crippen LogP) is 2.70. The van der Waals surface area contributed by atoms with Gasteiger partial charge in [0.15, 0.2) is 5.96 Å². The lowest BCUT2D eigenvalue weighted by atomic mass is 10.1. The number of rotatable bonds is 6. The van der Waals surface area contributed by atoms with Crippen LogP contribution < -0.4 is 10.6 Å². The van der Waals surface area contributed by atoms with Gasteiger partial charge in [0.2, 0.25) is 0 Å². The van der Waals surface area contributed by atoms with Gasteiger partial charge in [-0.3, -0.25) is 4.68 Å². The molecule has 0 radical (unpaired) electrons. The molecule has 126 valence electrons. The van der Waals surface area contributed by atoms with Crippen molar-refractivity contribution in [1.29, 1.82) is 0 Å². The van der Waals surface area contributed by atoms with Crippen LogP contribution in [0.5, 0.6) is 0 Å². The van der Waals surface area contributed by atoms with Crippen molar-refractivity contribution in [2.24, 2.45) is 4.99 Å². The van der Waals surface area contributed by atoms with E-state index in [1.54, 1.807) is 19.2 Å². The van der Waals surface area contributed by atoms with Crippen LogP contribution >= 0.6 is 24.0 Å². The summed E-state index contributed by atoms with van der Waals surface area (Å²) in [4.78, 5) is 4.47. The highest BCUT2D eigenvalue weighted by Gasteiger charge is 2.01. The fourth-order valence-corrected chi connectivity index (χ4v) is 1.97. The molecule has 1 aromatic carbocycles. The van der Waals surface area contributed by atoms with Gasteiger partial charge in [-0.15, -0.1) is 24.0 Å². The largest absolute Gasteiger partial charge is 0.357 e. The second kappa shape index (κ2) is 10.2. The second-order valence-electron chi connectivity index (χ2n) is 4.97. The maximum absolute atomic E-state index is 13.5. The zero-order valence-electron chi connectivity index (χ0n) is 13.4. The van der Waals surface area contributed by atoms with E-state index in [2.05, 4.69) is 20.7 Å². The van der Waals surface area contributed by atoms with Gasteiger partial charge in [-0.2, -0.15) is 5.10 Å². The molecule has 0 atom stereocenters. The maximum Gasteiger partial charge on any atom is 0.191 e. The first kappa shape index (κ1) is 19.4. The third kappa shape index (κ3) is 6.55. The fraction of sp³-hybridized carbons (Fsp3) is 0.375. The Hall–Kier alpha value is -1.64. The van der Waals surface area contributed by atoms with E-state index in [-0.39, 0.29) is 29.8 Å². The highest BCUT2D eigenvalue weighted by Crippen LogP contribution is 2.09. The molecule has 0 fully saturated rings. The summed E-state index contributed by atoms with van der Waals surface area (Å²) in [6.07, 6.45) is 3.67. The van der Waals surface area contributed by atoms with Crippen LogP contribution in [0, 0.1) is 12.7 Å². The van der Waals surface area contributed by atoms with Gasteiger partial charge in [0.1, 0.15) is 5.82 Å². The van der Waals surface area contributed by atoms with Crippen LogP contribution in [0.2, 0.25) is 0 Å². The molecule has 0 aliphatic rings. The fourth-order valence-electron chi connectivity index (χ4n) is 1.97. The van der Waals surface area contributed by atoms with Crippen molar-refractivity contribution in [2.45, 2.75) is 26.9 Å². The average Bonchev–Trinajstić information content (AvgIpc) is 3.01. The molecule has 2 N–H and O–H groups in total. The Morgan fingerprint density at radius 3 is 2.83 bits per heavy atom. The zero-order valence-corrected chi connectivity index (χ0v) is 15.8. The molecule has 0 aliphatic heterocycles. The Morgan fingerprint density at radius 1 is 1.35 bits per heavy atom. The number of aromatic nitrogens is 2. The van der Waals surface area contributed by atoms with Crippen LogP contribution in [0.25, 0.3) is 0 Å². The van der Waals surface area contributed by atoms with Gasteiger partial charge < -0.3 is 10.6 Å². The van der Waals surface area contributed by atoms with Crippen LogP contribution in [0.1, 0.15) is 18.1 Å². The summed E-state index contributed by atoms with van der Waals surface area (Å²) in [5.41, 5.74) is 1.50. The molecule has 0 saturated carbocycles. The molecule has 2 aromatic rings. The Balaban J connectivity index is 0.00000264. The number of nitrogens with zero attached hydrogens (tertiary/aromatic N) is 3. The van der Waals surface area contributed by atoms with Gasteiger partial charge in [-0.25, -0.2) is 9.38 Å². The standard InChI is InChI=1S/C16H22FN5.HI/c1-3-18-16(19-8-10-22-9-4-7-21-22)20-12-14-6-5-13(2)15(17)11-14;/h4-7,9,11H,3,8,10,12H2,1-2H3,(H2,18,19,20);1H. The van der Waals surface area contributed by atoms with Gasteiger partial charge in [-0.1, -0.05) is 12.1 Å². The quantitative estimate of drug-likeness (QED) is 0.420. The number of nitrogens with one attached hydrogen (secondary N) is 2. The van der Waals surface area contributed by atoms with Crippen LogP contribution in [0.4, 0.5) is 4.39 Å². The summed E-state index contributed by atoms with van der Waals surface area (Å²) in [7, 11) is 0. The molecule has 23 heavy (non-hydrogen) atoms. The van der Waals surface area contributed by atoms with Gasteiger partial charge in [-0.05, 0) is 37.1 Å². The molecule has 1 aromatic heterocycles. The molecule has 0 amide bonds. The van der Waals surface area contributed by atoms with E-state index in [1.807, 2.05) is 29.9 Å². The summed E-state index contributed by atoms with van der Waals surface area (Å²) in [6.45, 7) is 6.45. The third-order valence-corrected chi connectivity index (χ3v) is 3.19. The van der Waals surface area contributed by atoms with Crippen molar-refractivity contribution in [3.05, 3.63) is 53.6 Å². The van der Waals surface area contributed by atoms with Crippen LogP contribution in [0.3, 0.4) is 0 Å². The van der Waals surface area contributed by atoms with E-state index in [0.29, 0.717) is 12.1 Å². The smallest absolute Gasteiger partial charge is 0.191 e. The van der Waals surface area contributed by atoms with Crippen LogP contribution in [0.15, 0.2) is 41.7 Å².